The molecule has 0 heterocycles. The van der Waals surface area contributed by atoms with Gasteiger partial charge in [0.1, 0.15) is 0 Å². The zero-order valence-corrected chi connectivity index (χ0v) is 12.3. The van der Waals surface area contributed by atoms with Gasteiger partial charge >= 0.3 is 79.7 Å². The molecule has 1 rings (SSSR count). The van der Waals surface area contributed by atoms with E-state index >= 15 is 0 Å². The van der Waals surface area contributed by atoms with E-state index in [4.69, 9.17) is 0 Å². The fourth-order valence-corrected chi connectivity index (χ4v) is 3.58. The van der Waals surface area contributed by atoms with E-state index in [1.54, 1.807) is 24.7 Å². The Kier molecular flexibility index (Phi) is 8.01. The molecule has 0 aromatic carbocycles. The van der Waals surface area contributed by atoms with Crippen molar-refractivity contribution in [3.05, 3.63) is 0 Å². The van der Waals surface area contributed by atoms with Crippen molar-refractivity contribution in [2.75, 3.05) is 0 Å². The first-order valence-electron chi connectivity index (χ1n) is 4.26. The van der Waals surface area contributed by atoms with Gasteiger partial charge in [0, 0.05) is 0 Å². The molecular formula is C9H19Cl2Zr. The van der Waals surface area contributed by atoms with Gasteiger partial charge in [-0.05, 0) is 0 Å². The van der Waals surface area contributed by atoms with E-state index in [0.717, 1.165) is 27.3 Å². The van der Waals surface area contributed by atoms with Crippen LogP contribution in [0.25, 0.3) is 0 Å². The Morgan fingerprint density at radius 1 is 0.667 bits per heavy atom. The molecule has 0 aromatic heterocycles. The summed E-state index contributed by atoms with van der Waals surface area (Å²) >= 11 is 1.75. The average Bonchev–Trinajstić information content (AvgIpc) is 2.07. The molecule has 0 radical (unpaired) electrons. The zero-order chi connectivity index (χ0) is 7.89. The molecule has 0 amide bonds. The van der Waals surface area contributed by atoms with Gasteiger partial charge in [0.2, 0.25) is 0 Å². The van der Waals surface area contributed by atoms with Crippen molar-refractivity contribution in [2.45, 2.75) is 31.3 Å². The van der Waals surface area contributed by atoms with Crippen molar-refractivity contribution in [3.8, 4) is 0 Å². The molecule has 0 saturated heterocycles. The second-order valence-electron chi connectivity index (χ2n) is 3.96. The van der Waals surface area contributed by atoms with Crippen molar-refractivity contribution in [1.29, 1.82) is 0 Å². The quantitative estimate of drug-likeness (QED) is 0.637. The molecule has 3 heteroatoms. The van der Waals surface area contributed by atoms with Crippen LogP contribution in [0, 0.1) is 23.7 Å². The van der Waals surface area contributed by atoms with Crippen LogP contribution in [0.15, 0.2) is 0 Å². The molecule has 0 spiro atoms. The van der Waals surface area contributed by atoms with Gasteiger partial charge < -0.3 is 0 Å². The normalized spacial score (nSPS) is 46.1. The van der Waals surface area contributed by atoms with E-state index in [-0.39, 0.29) is 24.8 Å². The van der Waals surface area contributed by atoms with Crippen molar-refractivity contribution < 1.29 is 24.7 Å². The van der Waals surface area contributed by atoms with E-state index in [9.17, 15) is 0 Å². The van der Waals surface area contributed by atoms with Crippen molar-refractivity contribution >= 4 is 24.8 Å². The van der Waals surface area contributed by atoms with E-state index in [0.29, 0.717) is 0 Å². The van der Waals surface area contributed by atoms with Crippen LogP contribution in [0.1, 0.15) is 27.7 Å². The fourth-order valence-electron chi connectivity index (χ4n) is 2.09. The van der Waals surface area contributed by atoms with Gasteiger partial charge in [-0.15, -0.1) is 24.8 Å². The van der Waals surface area contributed by atoms with Gasteiger partial charge in [0.25, 0.3) is 0 Å². The molecule has 1 fully saturated rings. The second-order valence-corrected chi connectivity index (χ2v) is 5.60. The molecule has 0 bridgehead atoms. The summed E-state index contributed by atoms with van der Waals surface area (Å²) in [7, 11) is 0. The maximum atomic E-state index is 2.42. The van der Waals surface area contributed by atoms with Crippen LogP contribution in [0.2, 0.25) is 3.63 Å². The van der Waals surface area contributed by atoms with Gasteiger partial charge in [-0.2, -0.15) is 0 Å². The van der Waals surface area contributed by atoms with E-state index in [1.807, 2.05) is 0 Å². The number of hydrogen-bond acceptors (Lipinski definition) is 0. The molecule has 0 aromatic rings. The summed E-state index contributed by atoms with van der Waals surface area (Å²) in [5.41, 5.74) is 0. The number of hydrogen-bond donors (Lipinski definition) is 0. The van der Waals surface area contributed by atoms with Crippen LogP contribution in [0.5, 0.6) is 0 Å². The Morgan fingerprint density at radius 2 is 0.917 bits per heavy atom. The minimum absolute atomic E-state index is 0. The minimum Gasteiger partial charge on any atom is -0.147 e. The van der Waals surface area contributed by atoms with Crippen molar-refractivity contribution in [1.82, 2.24) is 0 Å². The minimum atomic E-state index is 0. The summed E-state index contributed by atoms with van der Waals surface area (Å²) < 4.78 is 1.03. The first-order chi connectivity index (χ1) is 4.55. The molecule has 1 aliphatic rings. The number of rotatable bonds is 0. The topological polar surface area (TPSA) is 0 Å². The van der Waals surface area contributed by atoms with Gasteiger partial charge in [-0.25, -0.2) is 0 Å². The van der Waals surface area contributed by atoms with Crippen LogP contribution >= 0.6 is 24.8 Å². The fraction of sp³-hybridized carbons (Fsp3) is 1.00. The molecular weight excluding hydrogens is 270 g/mol. The van der Waals surface area contributed by atoms with Gasteiger partial charge in [0.15, 0.2) is 0 Å². The van der Waals surface area contributed by atoms with Gasteiger partial charge in [0.05, 0.1) is 0 Å². The van der Waals surface area contributed by atoms with Crippen molar-refractivity contribution in [2.24, 2.45) is 23.7 Å². The van der Waals surface area contributed by atoms with Crippen LogP contribution in [0.4, 0.5) is 0 Å². The van der Waals surface area contributed by atoms with Gasteiger partial charge in [-0.3, -0.25) is 0 Å². The molecule has 1 aliphatic carbocycles. The molecule has 0 N–H and O–H groups in total. The Hall–Kier alpha value is 1.46. The molecule has 4 atom stereocenters. The third-order valence-corrected chi connectivity index (χ3v) is 6.21. The van der Waals surface area contributed by atoms with E-state index < -0.39 is 0 Å². The average molecular weight is 289 g/mol. The monoisotopic (exact) mass is 287 g/mol. The second kappa shape index (κ2) is 6.04. The Bertz CT molecular complexity index is 84.9. The molecule has 73 valence electrons. The first kappa shape index (κ1) is 15.9. The summed E-state index contributed by atoms with van der Waals surface area (Å²) in [6, 6.07) is 0. The smallest absolute Gasteiger partial charge is 0.147 e. The Morgan fingerprint density at radius 3 is 1.00 bits per heavy atom. The van der Waals surface area contributed by atoms with Gasteiger partial charge in [-0.1, -0.05) is 0 Å². The third kappa shape index (κ3) is 2.72. The summed E-state index contributed by atoms with van der Waals surface area (Å²) in [6.07, 6.45) is 0. The maximum Gasteiger partial charge on any atom is -0.147 e. The Labute approximate surface area is 104 Å². The van der Waals surface area contributed by atoms with Crippen LogP contribution < -0.4 is 0 Å². The number of halogens is 2. The zero-order valence-electron chi connectivity index (χ0n) is 8.20. The summed E-state index contributed by atoms with van der Waals surface area (Å²) in [5.74, 6) is 3.87. The Balaban J connectivity index is 0. The van der Waals surface area contributed by atoms with Crippen LogP contribution in [-0.4, -0.2) is 0 Å². The SMILES string of the molecule is CC1C(C)C(C)[CH]([Zr])C1C.Cl.Cl. The molecule has 12 heavy (non-hydrogen) atoms. The molecule has 0 aliphatic heterocycles. The first-order valence-corrected chi connectivity index (χ1v) is 5.68. The summed E-state index contributed by atoms with van der Waals surface area (Å²) in [4.78, 5) is 0. The molecule has 4 unspecified atom stereocenters. The van der Waals surface area contributed by atoms with Crippen LogP contribution in [-0.2, 0) is 24.7 Å². The largest absolute Gasteiger partial charge is 0.147 e. The van der Waals surface area contributed by atoms with Crippen molar-refractivity contribution in [3.63, 3.8) is 0 Å². The standard InChI is InChI=1S/C9H17.2ClH.Zr/c1-6-5-7(2)9(4)8(6)3;;;/h5-9H,1-4H3;2*1H;. The molecule has 0 nitrogen and oxygen atoms in total. The van der Waals surface area contributed by atoms with E-state index in [2.05, 4.69) is 27.7 Å². The molecule has 1 saturated carbocycles. The predicted molar refractivity (Wildman–Crippen MR) is 54.9 cm³/mol. The summed E-state index contributed by atoms with van der Waals surface area (Å²) in [6.45, 7) is 9.67. The summed E-state index contributed by atoms with van der Waals surface area (Å²) in [5, 5.41) is 0. The maximum absolute atomic E-state index is 2.42. The van der Waals surface area contributed by atoms with E-state index in [1.165, 1.54) is 0 Å². The third-order valence-electron chi connectivity index (χ3n) is 3.62. The predicted octanol–water partition coefficient (Wildman–Crippen LogP) is 3.72. The van der Waals surface area contributed by atoms with Crippen LogP contribution in [0.3, 0.4) is 0 Å².